The zero-order valence-corrected chi connectivity index (χ0v) is 10.7. The average molecular weight is 253 g/mol. The number of nitrogens with zero attached hydrogens (tertiary/aromatic N) is 2. The van der Waals surface area contributed by atoms with Crippen molar-refractivity contribution in [1.82, 2.24) is 9.78 Å². The van der Waals surface area contributed by atoms with Gasteiger partial charge in [0, 0.05) is 19.2 Å². The summed E-state index contributed by atoms with van der Waals surface area (Å²) >= 11 is 0. The molecule has 0 spiro atoms. The number of amides is 1. The summed E-state index contributed by atoms with van der Waals surface area (Å²) in [6, 6.07) is 0. The molecule has 0 saturated heterocycles. The largest absolute Gasteiger partial charge is 0.481 e. The van der Waals surface area contributed by atoms with Crippen LogP contribution in [0.2, 0.25) is 0 Å². The van der Waals surface area contributed by atoms with Crippen molar-refractivity contribution in [2.24, 2.45) is 5.92 Å². The zero-order valence-electron chi connectivity index (χ0n) is 10.7. The van der Waals surface area contributed by atoms with Gasteiger partial charge in [-0.3, -0.25) is 14.3 Å². The minimum atomic E-state index is -0.974. The van der Waals surface area contributed by atoms with Gasteiger partial charge in [0.2, 0.25) is 5.91 Å². The van der Waals surface area contributed by atoms with E-state index in [4.69, 9.17) is 5.11 Å². The molecule has 1 rings (SSSR count). The van der Waals surface area contributed by atoms with Crippen LogP contribution in [0.5, 0.6) is 0 Å². The van der Waals surface area contributed by atoms with Crippen molar-refractivity contribution in [3.63, 3.8) is 0 Å². The maximum absolute atomic E-state index is 11.4. The van der Waals surface area contributed by atoms with Gasteiger partial charge in [0.05, 0.1) is 18.3 Å². The van der Waals surface area contributed by atoms with Gasteiger partial charge in [-0.25, -0.2) is 0 Å². The molecule has 100 valence electrons. The van der Waals surface area contributed by atoms with Crippen LogP contribution in [-0.2, 0) is 16.1 Å². The number of aliphatic carboxylic acids is 1. The standard InChI is InChI=1S/C12H19N3O3/c1-9(2)5-6-15-8-10(7-13-15)14-11(16)3-4-12(17)18/h7-9H,3-6H2,1-2H3,(H,14,16)(H,17,18). The molecule has 0 saturated carbocycles. The Bertz CT molecular complexity index is 412. The molecular weight excluding hydrogens is 234 g/mol. The summed E-state index contributed by atoms with van der Waals surface area (Å²) in [6.45, 7) is 5.08. The third kappa shape index (κ3) is 5.47. The topological polar surface area (TPSA) is 84.2 Å². The van der Waals surface area contributed by atoms with E-state index in [1.165, 1.54) is 0 Å². The third-order valence-corrected chi connectivity index (χ3v) is 2.42. The number of carboxylic acid groups (broad SMARTS) is 1. The Morgan fingerprint density at radius 2 is 2.17 bits per heavy atom. The van der Waals surface area contributed by atoms with Gasteiger partial charge >= 0.3 is 5.97 Å². The SMILES string of the molecule is CC(C)CCn1cc(NC(=O)CCC(=O)O)cn1. The molecule has 0 aromatic carbocycles. The van der Waals surface area contributed by atoms with Crippen LogP contribution in [0, 0.1) is 5.92 Å². The van der Waals surface area contributed by atoms with E-state index >= 15 is 0 Å². The van der Waals surface area contributed by atoms with Gasteiger partial charge in [-0.15, -0.1) is 0 Å². The van der Waals surface area contributed by atoms with E-state index in [-0.39, 0.29) is 18.7 Å². The Balaban J connectivity index is 2.38. The molecule has 1 aromatic rings. The number of carboxylic acids is 1. The number of aryl methyl sites for hydroxylation is 1. The van der Waals surface area contributed by atoms with Crippen LogP contribution < -0.4 is 5.32 Å². The predicted molar refractivity (Wildman–Crippen MR) is 67.2 cm³/mol. The predicted octanol–water partition coefficient (Wildman–Crippen LogP) is 1.73. The summed E-state index contributed by atoms with van der Waals surface area (Å²) in [4.78, 5) is 21.7. The van der Waals surface area contributed by atoms with Gasteiger partial charge in [0.25, 0.3) is 0 Å². The fraction of sp³-hybridized carbons (Fsp3) is 0.583. The number of hydrogen-bond acceptors (Lipinski definition) is 3. The third-order valence-electron chi connectivity index (χ3n) is 2.42. The molecule has 6 heteroatoms. The van der Waals surface area contributed by atoms with E-state index in [1.54, 1.807) is 17.1 Å². The van der Waals surface area contributed by atoms with E-state index < -0.39 is 5.97 Å². The van der Waals surface area contributed by atoms with Crippen molar-refractivity contribution in [2.45, 2.75) is 39.7 Å². The van der Waals surface area contributed by atoms with Crippen LogP contribution in [0.3, 0.4) is 0 Å². The summed E-state index contributed by atoms with van der Waals surface area (Å²) < 4.78 is 1.77. The van der Waals surface area contributed by atoms with Crippen molar-refractivity contribution < 1.29 is 14.7 Å². The molecule has 1 aromatic heterocycles. The summed E-state index contributed by atoms with van der Waals surface area (Å²) in [7, 11) is 0. The highest BCUT2D eigenvalue weighted by atomic mass is 16.4. The van der Waals surface area contributed by atoms with Crippen molar-refractivity contribution in [2.75, 3.05) is 5.32 Å². The minimum Gasteiger partial charge on any atom is -0.481 e. The number of rotatable bonds is 7. The summed E-state index contributed by atoms with van der Waals surface area (Å²) in [5.41, 5.74) is 0.606. The van der Waals surface area contributed by atoms with E-state index in [1.807, 2.05) is 0 Å². The van der Waals surface area contributed by atoms with E-state index in [2.05, 4.69) is 24.3 Å². The quantitative estimate of drug-likeness (QED) is 0.775. The van der Waals surface area contributed by atoms with Crippen LogP contribution in [0.15, 0.2) is 12.4 Å². The Morgan fingerprint density at radius 1 is 1.44 bits per heavy atom. The molecule has 1 heterocycles. The molecule has 0 unspecified atom stereocenters. The van der Waals surface area contributed by atoms with Crippen molar-refractivity contribution >= 4 is 17.6 Å². The molecule has 18 heavy (non-hydrogen) atoms. The Kier molecular flexibility index (Phi) is 5.35. The maximum Gasteiger partial charge on any atom is 0.303 e. The van der Waals surface area contributed by atoms with Crippen LogP contribution >= 0.6 is 0 Å². The van der Waals surface area contributed by atoms with Gasteiger partial charge in [0.15, 0.2) is 0 Å². The van der Waals surface area contributed by atoms with Gasteiger partial charge in [0.1, 0.15) is 0 Å². The summed E-state index contributed by atoms with van der Waals surface area (Å²) in [5, 5.41) is 15.2. The van der Waals surface area contributed by atoms with Gasteiger partial charge in [-0.05, 0) is 12.3 Å². The molecule has 0 aliphatic carbocycles. The summed E-state index contributed by atoms with van der Waals surface area (Å²) in [5.74, 6) is -0.679. The first-order chi connectivity index (χ1) is 8.47. The Morgan fingerprint density at radius 3 is 2.78 bits per heavy atom. The van der Waals surface area contributed by atoms with Crippen molar-refractivity contribution in [1.29, 1.82) is 0 Å². The second-order valence-electron chi connectivity index (χ2n) is 4.62. The Labute approximate surface area is 106 Å². The minimum absolute atomic E-state index is 0.0213. The molecule has 0 atom stereocenters. The lowest BCUT2D eigenvalue weighted by Crippen LogP contribution is -2.12. The highest BCUT2D eigenvalue weighted by molar-refractivity contribution is 5.92. The van der Waals surface area contributed by atoms with Crippen molar-refractivity contribution in [3.8, 4) is 0 Å². The second-order valence-corrected chi connectivity index (χ2v) is 4.62. The molecule has 0 fully saturated rings. The lowest BCUT2D eigenvalue weighted by atomic mass is 10.1. The summed E-state index contributed by atoms with van der Waals surface area (Å²) in [6.07, 6.45) is 4.16. The Hall–Kier alpha value is -1.85. The number of aromatic nitrogens is 2. The number of carbonyl (C=O) groups is 2. The highest BCUT2D eigenvalue weighted by Crippen LogP contribution is 2.08. The lowest BCUT2D eigenvalue weighted by molar-refractivity contribution is -0.138. The van der Waals surface area contributed by atoms with Crippen LogP contribution in [0.4, 0.5) is 5.69 Å². The molecule has 0 aliphatic rings. The molecule has 2 N–H and O–H groups in total. The highest BCUT2D eigenvalue weighted by Gasteiger charge is 2.07. The van der Waals surface area contributed by atoms with Gasteiger partial charge < -0.3 is 10.4 Å². The van der Waals surface area contributed by atoms with Crippen LogP contribution in [0.1, 0.15) is 33.1 Å². The van der Waals surface area contributed by atoms with Gasteiger partial charge in [-0.2, -0.15) is 5.10 Å². The monoisotopic (exact) mass is 253 g/mol. The number of anilines is 1. The van der Waals surface area contributed by atoms with E-state index in [9.17, 15) is 9.59 Å². The number of nitrogens with one attached hydrogen (secondary N) is 1. The fourth-order valence-corrected chi connectivity index (χ4v) is 1.38. The molecule has 0 aliphatic heterocycles. The smallest absolute Gasteiger partial charge is 0.303 e. The maximum atomic E-state index is 11.4. The van der Waals surface area contributed by atoms with E-state index in [0.717, 1.165) is 13.0 Å². The molecule has 0 bridgehead atoms. The molecule has 6 nitrogen and oxygen atoms in total. The zero-order chi connectivity index (χ0) is 13.5. The van der Waals surface area contributed by atoms with Crippen molar-refractivity contribution in [3.05, 3.63) is 12.4 Å². The second kappa shape index (κ2) is 6.78. The first-order valence-electron chi connectivity index (χ1n) is 6.01. The average Bonchev–Trinajstić information content (AvgIpc) is 2.71. The normalized spacial score (nSPS) is 10.6. The van der Waals surface area contributed by atoms with E-state index in [0.29, 0.717) is 11.6 Å². The first-order valence-corrected chi connectivity index (χ1v) is 6.01. The molecule has 0 radical (unpaired) electrons. The number of carbonyl (C=O) groups excluding carboxylic acids is 1. The number of hydrogen-bond donors (Lipinski definition) is 2. The lowest BCUT2D eigenvalue weighted by Gasteiger charge is -2.04. The van der Waals surface area contributed by atoms with Crippen LogP contribution in [-0.4, -0.2) is 26.8 Å². The fourth-order valence-electron chi connectivity index (χ4n) is 1.38. The van der Waals surface area contributed by atoms with Crippen LogP contribution in [0.25, 0.3) is 0 Å². The molecular formula is C12H19N3O3. The molecule has 1 amide bonds. The first kappa shape index (κ1) is 14.2. The van der Waals surface area contributed by atoms with Gasteiger partial charge in [-0.1, -0.05) is 13.8 Å².